The molecule has 1 unspecified atom stereocenters. The van der Waals surface area contributed by atoms with E-state index >= 15 is 0 Å². The third-order valence-electron chi connectivity index (χ3n) is 3.29. The average Bonchev–Trinajstić information content (AvgIpc) is 2.77. The van der Waals surface area contributed by atoms with Crippen LogP contribution in [0.3, 0.4) is 0 Å². The van der Waals surface area contributed by atoms with Crippen LogP contribution in [0.15, 0.2) is 60.7 Å². The summed E-state index contributed by atoms with van der Waals surface area (Å²) in [7, 11) is 0. The number of ether oxygens (including phenoxy) is 1. The number of hydrogen-bond donors (Lipinski definition) is 1. The Balaban J connectivity index is 1.73. The highest BCUT2D eigenvalue weighted by molar-refractivity contribution is 5.89. The molecule has 1 aliphatic rings. The molecule has 1 atom stereocenters. The molecular formula is C17H14O3. The molecule has 0 heterocycles. The SMILES string of the molecule is O=C(CC1=CC(O)c2ccccc21)Oc1ccccc1. The molecule has 0 aliphatic heterocycles. The lowest BCUT2D eigenvalue weighted by Gasteiger charge is -2.06. The van der Waals surface area contributed by atoms with Gasteiger partial charge in [0.2, 0.25) is 0 Å². The Kier molecular flexibility index (Phi) is 3.35. The molecule has 0 bridgehead atoms. The molecular weight excluding hydrogens is 252 g/mol. The highest BCUT2D eigenvalue weighted by Gasteiger charge is 2.23. The van der Waals surface area contributed by atoms with Gasteiger partial charge in [0.05, 0.1) is 12.5 Å². The van der Waals surface area contributed by atoms with Crippen LogP contribution >= 0.6 is 0 Å². The van der Waals surface area contributed by atoms with E-state index in [1.54, 1.807) is 18.2 Å². The van der Waals surface area contributed by atoms with E-state index in [-0.39, 0.29) is 12.4 Å². The quantitative estimate of drug-likeness (QED) is 0.686. The Morgan fingerprint density at radius 1 is 1.05 bits per heavy atom. The number of fused-ring (bicyclic) bond motifs is 1. The molecule has 0 saturated carbocycles. The summed E-state index contributed by atoms with van der Waals surface area (Å²) >= 11 is 0. The lowest BCUT2D eigenvalue weighted by molar-refractivity contribution is -0.133. The van der Waals surface area contributed by atoms with E-state index in [1.807, 2.05) is 42.5 Å². The maximum absolute atomic E-state index is 11.9. The van der Waals surface area contributed by atoms with Crippen LogP contribution in [0, 0.1) is 0 Å². The zero-order chi connectivity index (χ0) is 13.9. The molecule has 0 spiro atoms. The third-order valence-corrected chi connectivity index (χ3v) is 3.29. The second kappa shape index (κ2) is 5.31. The van der Waals surface area contributed by atoms with Crippen molar-refractivity contribution in [3.63, 3.8) is 0 Å². The van der Waals surface area contributed by atoms with Gasteiger partial charge in [0.25, 0.3) is 0 Å². The Morgan fingerprint density at radius 2 is 1.75 bits per heavy atom. The van der Waals surface area contributed by atoms with Gasteiger partial charge in [0.1, 0.15) is 5.75 Å². The summed E-state index contributed by atoms with van der Waals surface area (Å²) in [6, 6.07) is 16.5. The van der Waals surface area contributed by atoms with Gasteiger partial charge in [-0.1, -0.05) is 42.5 Å². The van der Waals surface area contributed by atoms with Crippen LogP contribution < -0.4 is 4.74 Å². The molecule has 3 rings (SSSR count). The standard InChI is InChI=1S/C17H14O3/c18-16-10-12(14-8-4-5-9-15(14)16)11-17(19)20-13-6-2-1-3-7-13/h1-10,16,18H,11H2. The zero-order valence-corrected chi connectivity index (χ0v) is 10.8. The molecule has 0 radical (unpaired) electrons. The number of aliphatic hydroxyl groups is 1. The molecule has 0 saturated heterocycles. The fourth-order valence-corrected chi connectivity index (χ4v) is 2.38. The second-order valence-corrected chi connectivity index (χ2v) is 4.69. The Morgan fingerprint density at radius 3 is 2.55 bits per heavy atom. The van der Waals surface area contributed by atoms with Gasteiger partial charge in [-0.25, -0.2) is 0 Å². The van der Waals surface area contributed by atoms with Crippen LogP contribution in [0.1, 0.15) is 23.7 Å². The number of rotatable bonds is 3. The number of carbonyl (C=O) groups excluding carboxylic acids is 1. The summed E-state index contributed by atoms with van der Waals surface area (Å²) in [5.41, 5.74) is 2.58. The van der Waals surface area contributed by atoms with E-state index in [1.165, 1.54) is 0 Å². The Labute approximate surface area is 117 Å². The Bertz CT molecular complexity index is 659. The van der Waals surface area contributed by atoms with Gasteiger partial charge in [-0.2, -0.15) is 0 Å². The highest BCUT2D eigenvalue weighted by Crippen LogP contribution is 2.36. The van der Waals surface area contributed by atoms with Crippen molar-refractivity contribution in [1.82, 2.24) is 0 Å². The smallest absolute Gasteiger partial charge is 0.315 e. The molecule has 2 aromatic carbocycles. The molecule has 100 valence electrons. The van der Waals surface area contributed by atoms with Crippen LogP contribution in [0.2, 0.25) is 0 Å². The van der Waals surface area contributed by atoms with Gasteiger partial charge < -0.3 is 9.84 Å². The van der Waals surface area contributed by atoms with Gasteiger partial charge in [-0.3, -0.25) is 4.79 Å². The van der Waals surface area contributed by atoms with Crippen molar-refractivity contribution in [2.45, 2.75) is 12.5 Å². The van der Waals surface area contributed by atoms with Crippen molar-refractivity contribution in [2.75, 3.05) is 0 Å². The minimum absolute atomic E-state index is 0.156. The van der Waals surface area contributed by atoms with Gasteiger partial charge in [-0.15, -0.1) is 0 Å². The van der Waals surface area contributed by atoms with Gasteiger partial charge in [0, 0.05) is 0 Å². The van der Waals surface area contributed by atoms with Crippen LogP contribution in [0.5, 0.6) is 5.75 Å². The molecule has 3 nitrogen and oxygen atoms in total. The molecule has 0 fully saturated rings. The topological polar surface area (TPSA) is 46.5 Å². The van der Waals surface area contributed by atoms with E-state index in [0.717, 1.165) is 16.7 Å². The fourth-order valence-electron chi connectivity index (χ4n) is 2.38. The normalized spacial score (nSPS) is 16.4. The van der Waals surface area contributed by atoms with Gasteiger partial charge in [-0.05, 0) is 34.9 Å². The monoisotopic (exact) mass is 266 g/mol. The number of aliphatic hydroxyl groups excluding tert-OH is 1. The molecule has 3 heteroatoms. The van der Waals surface area contributed by atoms with Crippen LogP contribution in [-0.4, -0.2) is 11.1 Å². The lowest BCUT2D eigenvalue weighted by Crippen LogP contribution is -2.08. The van der Waals surface area contributed by atoms with E-state index in [4.69, 9.17) is 4.74 Å². The molecule has 20 heavy (non-hydrogen) atoms. The number of hydrogen-bond acceptors (Lipinski definition) is 3. The average molecular weight is 266 g/mol. The zero-order valence-electron chi connectivity index (χ0n) is 10.8. The minimum Gasteiger partial charge on any atom is -0.426 e. The summed E-state index contributed by atoms with van der Waals surface area (Å²) in [5, 5.41) is 9.93. The molecule has 2 aromatic rings. The van der Waals surface area contributed by atoms with E-state index in [2.05, 4.69) is 0 Å². The van der Waals surface area contributed by atoms with Crippen LogP contribution in [-0.2, 0) is 4.79 Å². The fraction of sp³-hybridized carbons (Fsp3) is 0.118. The molecule has 1 aliphatic carbocycles. The van der Waals surface area contributed by atoms with Crippen LogP contribution in [0.4, 0.5) is 0 Å². The van der Waals surface area contributed by atoms with Crippen molar-refractivity contribution in [3.05, 3.63) is 71.8 Å². The summed E-state index contributed by atoms with van der Waals surface area (Å²) in [4.78, 5) is 11.9. The van der Waals surface area contributed by atoms with E-state index in [9.17, 15) is 9.90 Å². The van der Waals surface area contributed by atoms with Crippen molar-refractivity contribution < 1.29 is 14.6 Å². The number of carbonyl (C=O) groups is 1. The predicted molar refractivity (Wildman–Crippen MR) is 76.1 cm³/mol. The van der Waals surface area contributed by atoms with E-state index < -0.39 is 6.10 Å². The summed E-state index contributed by atoms with van der Waals surface area (Å²) < 4.78 is 5.27. The van der Waals surface area contributed by atoms with E-state index in [0.29, 0.717) is 5.75 Å². The first-order valence-electron chi connectivity index (χ1n) is 6.48. The van der Waals surface area contributed by atoms with Gasteiger partial charge >= 0.3 is 5.97 Å². The number of benzene rings is 2. The molecule has 1 N–H and O–H groups in total. The first kappa shape index (κ1) is 12.6. The number of esters is 1. The molecule has 0 aromatic heterocycles. The lowest BCUT2D eigenvalue weighted by atomic mass is 10.0. The predicted octanol–water partition coefficient (Wildman–Crippen LogP) is 3.11. The van der Waals surface area contributed by atoms with Crippen molar-refractivity contribution >= 4 is 11.5 Å². The van der Waals surface area contributed by atoms with Crippen molar-refractivity contribution in [3.8, 4) is 5.75 Å². The largest absolute Gasteiger partial charge is 0.426 e. The summed E-state index contributed by atoms with van der Waals surface area (Å²) in [6.07, 6.45) is 1.23. The van der Waals surface area contributed by atoms with Crippen molar-refractivity contribution in [2.24, 2.45) is 0 Å². The van der Waals surface area contributed by atoms with Crippen LogP contribution in [0.25, 0.3) is 5.57 Å². The first-order valence-corrected chi connectivity index (χ1v) is 6.48. The first-order chi connectivity index (χ1) is 9.74. The third kappa shape index (κ3) is 2.49. The van der Waals surface area contributed by atoms with Gasteiger partial charge in [0.15, 0.2) is 0 Å². The maximum Gasteiger partial charge on any atom is 0.315 e. The summed E-state index contributed by atoms with van der Waals surface area (Å²) in [6.45, 7) is 0. The summed E-state index contributed by atoms with van der Waals surface area (Å²) in [5.74, 6) is 0.205. The molecule has 0 amide bonds. The second-order valence-electron chi connectivity index (χ2n) is 4.69. The number of para-hydroxylation sites is 1. The maximum atomic E-state index is 11.9. The van der Waals surface area contributed by atoms with Crippen molar-refractivity contribution in [1.29, 1.82) is 0 Å². The Hall–Kier alpha value is -2.39. The highest BCUT2D eigenvalue weighted by atomic mass is 16.5. The minimum atomic E-state index is -0.634.